The fourth-order valence-electron chi connectivity index (χ4n) is 1.44. The molecule has 1 heterocycles. The average molecular weight is 243 g/mol. The monoisotopic (exact) mass is 243 g/mol. The molecule has 0 bridgehead atoms. The van der Waals surface area contributed by atoms with Crippen LogP contribution in [-0.4, -0.2) is 33.2 Å². The molecule has 1 atom stereocenters. The first-order valence-electron chi connectivity index (χ1n) is 5.25. The molecule has 0 fully saturated rings. The summed E-state index contributed by atoms with van der Waals surface area (Å²) in [5.74, 6) is 0.227. The van der Waals surface area contributed by atoms with Gasteiger partial charge in [-0.2, -0.15) is 0 Å². The largest absolute Gasteiger partial charge is 0.394 e. The number of aliphatic hydroxyl groups excluding tert-OH is 1. The lowest BCUT2D eigenvalue weighted by atomic mass is 10.0. The molecule has 0 aliphatic rings. The standard InChI is InChI=1S/C10H17N3O2S/c1-6(2)4-8(5-14)11-10(15)9-7(3)12-13-16-9/h6,8,14H,4-5H2,1-3H3,(H,11,15). The number of rotatable bonds is 5. The van der Waals surface area contributed by atoms with Gasteiger partial charge in [-0.05, 0) is 30.8 Å². The lowest BCUT2D eigenvalue weighted by molar-refractivity contribution is 0.0911. The number of aryl methyl sites for hydroxylation is 1. The highest BCUT2D eigenvalue weighted by atomic mass is 32.1. The van der Waals surface area contributed by atoms with E-state index in [2.05, 4.69) is 14.9 Å². The summed E-state index contributed by atoms with van der Waals surface area (Å²) in [6.45, 7) is 5.80. The van der Waals surface area contributed by atoms with Crippen molar-refractivity contribution in [2.24, 2.45) is 5.92 Å². The summed E-state index contributed by atoms with van der Waals surface area (Å²) < 4.78 is 3.71. The number of nitrogens with one attached hydrogen (secondary N) is 1. The van der Waals surface area contributed by atoms with Crippen LogP contribution in [0.4, 0.5) is 0 Å². The SMILES string of the molecule is Cc1nnsc1C(=O)NC(CO)CC(C)C. The molecule has 0 aliphatic carbocycles. The van der Waals surface area contributed by atoms with E-state index in [-0.39, 0.29) is 18.6 Å². The van der Waals surface area contributed by atoms with Crippen LogP contribution in [0.2, 0.25) is 0 Å². The van der Waals surface area contributed by atoms with Crippen molar-refractivity contribution in [1.82, 2.24) is 14.9 Å². The highest BCUT2D eigenvalue weighted by Gasteiger charge is 2.17. The summed E-state index contributed by atoms with van der Waals surface area (Å²) in [6, 6.07) is -0.200. The zero-order chi connectivity index (χ0) is 12.1. The van der Waals surface area contributed by atoms with Crippen molar-refractivity contribution >= 4 is 17.4 Å². The second-order valence-corrected chi connectivity index (χ2v) is 4.92. The molecule has 1 aromatic heterocycles. The molecule has 0 aliphatic heterocycles. The van der Waals surface area contributed by atoms with E-state index in [1.54, 1.807) is 6.92 Å². The van der Waals surface area contributed by atoms with Crippen molar-refractivity contribution in [3.05, 3.63) is 10.6 Å². The van der Waals surface area contributed by atoms with Gasteiger partial charge in [-0.15, -0.1) is 5.10 Å². The molecule has 0 saturated heterocycles. The first-order chi connectivity index (χ1) is 7.54. The highest BCUT2D eigenvalue weighted by Crippen LogP contribution is 2.10. The van der Waals surface area contributed by atoms with Crippen LogP contribution in [0.25, 0.3) is 0 Å². The fourth-order valence-corrected chi connectivity index (χ4v) is 2.00. The zero-order valence-electron chi connectivity index (χ0n) is 9.73. The van der Waals surface area contributed by atoms with Crippen LogP contribution in [0.3, 0.4) is 0 Å². The molecule has 0 radical (unpaired) electrons. The normalized spacial score (nSPS) is 12.8. The molecule has 6 heteroatoms. The molecule has 1 aromatic rings. The van der Waals surface area contributed by atoms with Crippen molar-refractivity contribution in [1.29, 1.82) is 0 Å². The maximum Gasteiger partial charge on any atom is 0.265 e. The van der Waals surface area contributed by atoms with E-state index in [0.29, 0.717) is 16.5 Å². The second kappa shape index (κ2) is 5.91. The summed E-state index contributed by atoms with van der Waals surface area (Å²) in [7, 11) is 0. The van der Waals surface area contributed by atoms with Gasteiger partial charge in [0, 0.05) is 0 Å². The second-order valence-electron chi connectivity index (χ2n) is 4.17. The lowest BCUT2D eigenvalue weighted by Crippen LogP contribution is -2.38. The number of amides is 1. The first-order valence-corrected chi connectivity index (χ1v) is 6.02. The van der Waals surface area contributed by atoms with Crippen molar-refractivity contribution in [2.45, 2.75) is 33.2 Å². The van der Waals surface area contributed by atoms with Gasteiger partial charge in [0.2, 0.25) is 0 Å². The van der Waals surface area contributed by atoms with Gasteiger partial charge in [0.25, 0.3) is 5.91 Å². The third-order valence-electron chi connectivity index (χ3n) is 2.17. The fraction of sp³-hybridized carbons (Fsp3) is 0.700. The molecule has 1 rings (SSSR count). The van der Waals surface area contributed by atoms with Gasteiger partial charge in [-0.25, -0.2) is 0 Å². The molecule has 0 aromatic carbocycles. The maximum absolute atomic E-state index is 11.8. The minimum atomic E-state index is -0.202. The Morgan fingerprint density at radius 3 is 2.69 bits per heavy atom. The molecule has 1 unspecified atom stereocenters. The van der Waals surface area contributed by atoms with E-state index in [1.807, 2.05) is 13.8 Å². The molecule has 0 spiro atoms. The Kier molecular flexibility index (Phi) is 4.82. The molecular weight excluding hydrogens is 226 g/mol. The van der Waals surface area contributed by atoms with Gasteiger partial charge in [-0.1, -0.05) is 18.3 Å². The number of aliphatic hydroxyl groups is 1. The van der Waals surface area contributed by atoms with E-state index >= 15 is 0 Å². The Morgan fingerprint density at radius 1 is 1.56 bits per heavy atom. The molecule has 2 N–H and O–H groups in total. The van der Waals surface area contributed by atoms with E-state index in [1.165, 1.54) is 0 Å². The van der Waals surface area contributed by atoms with Gasteiger partial charge in [0.15, 0.2) is 0 Å². The Morgan fingerprint density at radius 2 is 2.25 bits per heavy atom. The minimum absolute atomic E-state index is 0.0464. The predicted molar refractivity (Wildman–Crippen MR) is 62.4 cm³/mol. The summed E-state index contributed by atoms with van der Waals surface area (Å²) >= 11 is 1.07. The number of hydrogen-bond donors (Lipinski definition) is 2. The number of hydrogen-bond acceptors (Lipinski definition) is 5. The summed E-state index contributed by atoms with van der Waals surface area (Å²) in [4.78, 5) is 12.3. The van der Waals surface area contributed by atoms with Crippen LogP contribution in [0.5, 0.6) is 0 Å². The summed E-state index contributed by atoms with van der Waals surface area (Å²) in [6.07, 6.45) is 0.757. The summed E-state index contributed by atoms with van der Waals surface area (Å²) in [5, 5.41) is 15.7. The van der Waals surface area contributed by atoms with Gasteiger partial charge in [-0.3, -0.25) is 4.79 Å². The van der Waals surface area contributed by atoms with Crippen LogP contribution in [0.15, 0.2) is 0 Å². The number of nitrogens with zero attached hydrogens (tertiary/aromatic N) is 2. The van der Waals surface area contributed by atoms with Crippen molar-refractivity contribution in [3.8, 4) is 0 Å². The topological polar surface area (TPSA) is 75.1 Å². The minimum Gasteiger partial charge on any atom is -0.394 e. The number of aromatic nitrogens is 2. The lowest BCUT2D eigenvalue weighted by Gasteiger charge is -2.17. The smallest absolute Gasteiger partial charge is 0.265 e. The number of carbonyl (C=O) groups excluding carboxylic acids is 1. The zero-order valence-corrected chi connectivity index (χ0v) is 10.5. The van der Waals surface area contributed by atoms with Crippen molar-refractivity contribution in [3.63, 3.8) is 0 Å². The van der Waals surface area contributed by atoms with Crippen molar-refractivity contribution in [2.75, 3.05) is 6.61 Å². The third-order valence-corrected chi connectivity index (χ3v) is 3.00. The molecular formula is C10H17N3O2S. The quantitative estimate of drug-likeness (QED) is 0.808. The van der Waals surface area contributed by atoms with Crippen LogP contribution in [0, 0.1) is 12.8 Å². The molecule has 1 amide bonds. The van der Waals surface area contributed by atoms with E-state index in [4.69, 9.17) is 5.11 Å². The average Bonchev–Trinajstić information content (AvgIpc) is 2.62. The van der Waals surface area contributed by atoms with E-state index in [9.17, 15) is 4.79 Å². The predicted octanol–water partition coefficient (Wildman–Crippen LogP) is 0.983. The van der Waals surface area contributed by atoms with E-state index in [0.717, 1.165) is 18.0 Å². The Labute approximate surface area is 99.0 Å². The first kappa shape index (κ1) is 13.1. The maximum atomic E-state index is 11.8. The summed E-state index contributed by atoms with van der Waals surface area (Å²) in [5.41, 5.74) is 0.628. The molecule has 0 saturated carbocycles. The van der Waals surface area contributed by atoms with Gasteiger partial charge >= 0.3 is 0 Å². The van der Waals surface area contributed by atoms with Crippen LogP contribution < -0.4 is 5.32 Å². The van der Waals surface area contributed by atoms with Gasteiger partial charge < -0.3 is 10.4 Å². The van der Waals surface area contributed by atoms with Crippen LogP contribution >= 0.6 is 11.5 Å². The van der Waals surface area contributed by atoms with Crippen LogP contribution in [0.1, 0.15) is 35.6 Å². The Hall–Kier alpha value is -1.01. The number of carbonyl (C=O) groups is 1. The van der Waals surface area contributed by atoms with Crippen LogP contribution in [-0.2, 0) is 0 Å². The molecule has 90 valence electrons. The third kappa shape index (κ3) is 3.53. The molecule has 16 heavy (non-hydrogen) atoms. The van der Waals surface area contributed by atoms with Crippen molar-refractivity contribution < 1.29 is 9.90 Å². The van der Waals surface area contributed by atoms with Gasteiger partial charge in [0.1, 0.15) is 4.88 Å². The van der Waals surface area contributed by atoms with E-state index < -0.39 is 0 Å². The Bertz CT molecular complexity index is 352. The Balaban J connectivity index is 2.59. The highest BCUT2D eigenvalue weighted by molar-refractivity contribution is 7.07. The molecule has 5 nitrogen and oxygen atoms in total. The van der Waals surface area contributed by atoms with Gasteiger partial charge in [0.05, 0.1) is 18.3 Å².